The van der Waals surface area contributed by atoms with Crippen molar-refractivity contribution >= 4 is 0 Å². The van der Waals surface area contributed by atoms with Crippen LogP contribution in [-0.2, 0) is 12.0 Å². The van der Waals surface area contributed by atoms with Crippen molar-refractivity contribution in [3.63, 3.8) is 0 Å². The molecule has 3 aromatic rings. The van der Waals surface area contributed by atoms with Gasteiger partial charge in [-0.3, -0.25) is 4.90 Å². The minimum Gasteiger partial charge on any atom is -0.497 e. The Hall–Kier alpha value is -2.78. The molecular formula is C26H29NO2. The summed E-state index contributed by atoms with van der Waals surface area (Å²) in [6.07, 6.45) is 2.31. The summed E-state index contributed by atoms with van der Waals surface area (Å²) in [5, 5.41) is 0. The molecule has 0 spiro atoms. The minimum atomic E-state index is -0.0361. The molecule has 3 aromatic carbocycles. The number of ether oxygens (including phenoxy) is 2. The van der Waals surface area contributed by atoms with Crippen LogP contribution < -0.4 is 9.47 Å². The maximum absolute atomic E-state index is 5.40. The molecule has 0 radical (unpaired) electrons. The molecular weight excluding hydrogens is 358 g/mol. The molecule has 0 aliphatic carbocycles. The average molecular weight is 388 g/mol. The van der Waals surface area contributed by atoms with Crippen LogP contribution in [0.25, 0.3) is 0 Å². The summed E-state index contributed by atoms with van der Waals surface area (Å²) >= 11 is 0. The molecule has 0 saturated carbocycles. The molecule has 1 aliphatic heterocycles. The Morgan fingerprint density at radius 1 is 0.759 bits per heavy atom. The molecule has 1 heterocycles. The van der Waals surface area contributed by atoms with Crippen molar-refractivity contribution in [3.05, 3.63) is 95.6 Å². The molecule has 3 heteroatoms. The molecule has 4 rings (SSSR count). The average Bonchev–Trinajstić information content (AvgIpc) is 2.80. The topological polar surface area (TPSA) is 21.7 Å². The predicted molar refractivity (Wildman–Crippen MR) is 118 cm³/mol. The van der Waals surface area contributed by atoms with Gasteiger partial charge in [-0.2, -0.15) is 0 Å². The van der Waals surface area contributed by atoms with Gasteiger partial charge in [0.25, 0.3) is 0 Å². The number of piperidine rings is 1. The van der Waals surface area contributed by atoms with Crippen LogP contribution in [-0.4, -0.2) is 32.2 Å². The second-order valence-electron chi connectivity index (χ2n) is 7.84. The lowest BCUT2D eigenvalue weighted by Crippen LogP contribution is -2.46. The van der Waals surface area contributed by atoms with Gasteiger partial charge in [-0.15, -0.1) is 0 Å². The highest BCUT2D eigenvalue weighted by Gasteiger charge is 2.38. The first-order valence-electron chi connectivity index (χ1n) is 10.3. The van der Waals surface area contributed by atoms with E-state index in [0.29, 0.717) is 0 Å². The summed E-state index contributed by atoms with van der Waals surface area (Å²) in [6, 6.07) is 28.0. The van der Waals surface area contributed by atoms with Gasteiger partial charge in [0, 0.05) is 18.5 Å². The summed E-state index contributed by atoms with van der Waals surface area (Å²) in [7, 11) is 3.44. The lowest BCUT2D eigenvalue weighted by Gasteiger charge is -2.44. The first kappa shape index (κ1) is 19.5. The van der Waals surface area contributed by atoms with Crippen molar-refractivity contribution in [2.45, 2.75) is 24.8 Å². The minimum absolute atomic E-state index is 0.0361. The quantitative estimate of drug-likeness (QED) is 0.574. The van der Waals surface area contributed by atoms with Gasteiger partial charge < -0.3 is 9.47 Å². The molecule has 0 atom stereocenters. The Balaban J connectivity index is 1.70. The van der Waals surface area contributed by atoms with Crippen LogP contribution in [0, 0.1) is 0 Å². The zero-order valence-electron chi connectivity index (χ0n) is 17.3. The normalized spacial score (nSPS) is 16.3. The lowest BCUT2D eigenvalue weighted by molar-refractivity contribution is 0.161. The van der Waals surface area contributed by atoms with Gasteiger partial charge in [-0.25, -0.2) is 0 Å². The van der Waals surface area contributed by atoms with Crippen molar-refractivity contribution in [1.82, 2.24) is 4.90 Å². The van der Waals surface area contributed by atoms with E-state index in [1.807, 2.05) is 0 Å². The van der Waals surface area contributed by atoms with Crippen LogP contribution in [0.5, 0.6) is 11.5 Å². The summed E-state index contributed by atoms with van der Waals surface area (Å²) in [5.74, 6) is 1.80. The van der Waals surface area contributed by atoms with Crippen molar-refractivity contribution in [2.24, 2.45) is 0 Å². The number of rotatable bonds is 6. The summed E-state index contributed by atoms with van der Waals surface area (Å²) in [4.78, 5) is 2.59. The van der Waals surface area contributed by atoms with Crippen molar-refractivity contribution in [3.8, 4) is 11.5 Å². The molecule has 3 nitrogen and oxygen atoms in total. The Bertz CT molecular complexity index is 856. The van der Waals surface area contributed by atoms with E-state index < -0.39 is 0 Å². The highest BCUT2D eigenvalue weighted by atomic mass is 16.5. The summed E-state index contributed by atoms with van der Waals surface area (Å²) in [6.45, 7) is 3.11. The maximum Gasteiger partial charge on any atom is 0.118 e. The molecule has 1 fully saturated rings. The fourth-order valence-corrected chi connectivity index (χ4v) is 4.58. The number of benzene rings is 3. The predicted octanol–water partition coefficient (Wildman–Crippen LogP) is 5.29. The SMILES string of the molecule is COc1ccc(C2(c3ccc(OC)cc3)CCCN(Cc3ccccc3)C2)cc1. The van der Waals surface area contributed by atoms with Gasteiger partial charge in [0.05, 0.1) is 14.2 Å². The highest BCUT2D eigenvalue weighted by molar-refractivity contribution is 5.44. The van der Waals surface area contributed by atoms with E-state index in [2.05, 4.69) is 83.8 Å². The first-order valence-corrected chi connectivity index (χ1v) is 10.3. The van der Waals surface area contributed by atoms with Crippen LogP contribution in [0.15, 0.2) is 78.9 Å². The highest BCUT2D eigenvalue weighted by Crippen LogP contribution is 2.41. The Morgan fingerprint density at radius 3 is 1.83 bits per heavy atom. The number of hydrogen-bond acceptors (Lipinski definition) is 3. The van der Waals surface area contributed by atoms with Crippen LogP contribution >= 0.6 is 0 Å². The van der Waals surface area contributed by atoms with Crippen molar-refractivity contribution in [2.75, 3.05) is 27.3 Å². The third kappa shape index (κ3) is 4.15. The monoisotopic (exact) mass is 387 g/mol. The van der Waals surface area contributed by atoms with E-state index in [9.17, 15) is 0 Å². The number of likely N-dealkylation sites (tertiary alicyclic amines) is 1. The second kappa shape index (κ2) is 8.71. The zero-order valence-corrected chi connectivity index (χ0v) is 17.3. The zero-order chi connectivity index (χ0) is 20.1. The van der Waals surface area contributed by atoms with Gasteiger partial charge in [0.1, 0.15) is 11.5 Å². The Kier molecular flexibility index (Phi) is 5.86. The van der Waals surface area contributed by atoms with E-state index in [4.69, 9.17) is 9.47 Å². The number of hydrogen-bond donors (Lipinski definition) is 0. The van der Waals surface area contributed by atoms with Gasteiger partial charge in [0.2, 0.25) is 0 Å². The van der Waals surface area contributed by atoms with Crippen LogP contribution in [0.2, 0.25) is 0 Å². The lowest BCUT2D eigenvalue weighted by atomic mass is 9.69. The molecule has 1 aliphatic rings. The fraction of sp³-hybridized carbons (Fsp3) is 0.308. The molecule has 150 valence electrons. The van der Waals surface area contributed by atoms with Gasteiger partial charge in [0.15, 0.2) is 0 Å². The van der Waals surface area contributed by atoms with E-state index >= 15 is 0 Å². The third-order valence-electron chi connectivity index (χ3n) is 6.11. The second-order valence-corrected chi connectivity index (χ2v) is 7.84. The van der Waals surface area contributed by atoms with Gasteiger partial charge in [-0.1, -0.05) is 54.6 Å². The first-order chi connectivity index (χ1) is 14.2. The van der Waals surface area contributed by atoms with Gasteiger partial charge in [-0.05, 0) is 60.3 Å². The Labute approximate surface area is 173 Å². The smallest absolute Gasteiger partial charge is 0.118 e. The fourth-order valence-electron chi connectivity index (χ4n) is 4.58. The van der Waals surface area contributed by atoms with Crippen molar-refractivity contribution < 1.29 is 9.47 Å². The van der Waals surface area contributed by atoms with Crippen LogP contribution in [0.3, 0.4) is 0 Å². The van der Waals surface area contributed by atoms with E-state index in [1.54, 1.807) is 14.2 Å². The number of methoxy groups -OCH3 is 2. The molecule has 0 unspecified atom stereocenters. The van der Waals surface area contributed by atoms with Crippen LogP contribution in [0.4, 0.5) is 0 Å². The maximum atomic E-state index is 5.40. The number of nitrogens with zero attached hydrogens (tertiary/aromatic N) is 1. The molecule has 0 aromatic heterocycles. The van der Waals surface area contributed by atoms with Crippen LogP contribution in [0.1, 0.15) is 29.5 Å². The molecule has 0 N–H and O–H groups in total. The Morgan fingerprint density at radius 2 is 1.31 bits per heavy atom. The van der Waals surface area contributed by atoms with E-state index in [0.717, 1.165) is 37.6 Å². The molecule has 29 heavy (non-hydrogen) atoms. The molecule has 0 bridgehead atoms. The summed E-state index contributed by atoms with van der Waals surface area (Å²) < 4.78 is 10.8. The third-order valence-corrected chi connectivity index (χ3v) is 6.11. The summed E-state index contributed by atoms with van der Waals surface area (Å²) in [5.41, 5.74) is 4.03. The van der Waals surface area contributed by atoms with E-state index in [-0.39, 0.29) is 5.41 Å². The molecule has 0 amide bonds. The standard InChI is InChI=1S/C26H29NO2/c1-28-24-13-9-22(10-14-24)26(23-11-15-25(29-2)16-12-23)17-6-18-27(20-26)19-21-7-4-3-5-8-21/h3-5,7-16H,6,17-20H2,1-2H3. The molecule has 1 saturated heterocycles. The van der Waals surface area contributed by atoms with Gasteiger partial charge >= 0.3 is 0 Å². The van der Waals surface area contributed by atoms with E-state index in [1.165, 1.54) is 23.1 Å². The largest absolute Gasteiger partial charge is 0.497 e. The van der Waals surface area contributed by atoms with Crippen molar-refractivity contribution in [1.29, 1.82) is 0 Å².